The van der Waals surface area contributed by atoms with Gasteiger partial charge in [-0.3, -0.25) is 4.79 Å². The molecule has 1 aliphatic rings. The van der Waals surface area contributed by atoms with Crippen molar-refractivity contribution in [3.05, 3.63) is 11.6 Å². The van der Waals surface area contributed by atoms with E-state index in [1.807, 2.05) is 6.08 Å². The third kappa shape index (κ3) is 1.67. The van der Waals surface area contributed by atoms with Crippen LogP contribution in [-0.4, -0.2) is 17.5 Å². The highest BCUT2D eigenvalue weighted by Crippen LogP contribution is 2.12. The van der Waals surface area contributed by atoms with Crippen molar-refractivity contribution in [2.45, 2.75) is 25.7 Å². The summed E-state index contributed by atoms with van der Waals surface area (Å²) < 4.78 is 0. The summed E-state index contributed by atoms with van der Waals surface area (Å²) in [6.07, 6.45) is 5.47. The molecule has 0 atom stereocenters. The molecule has 0 spiro atoms. The summed E-state index contributed by atoms with van der Waals surface area (Å²) in [7, 11) is 0. The predicted octanol–water partition coefficient (Wildman–Crippen LogP) is 1.05. The molecule has 56 valence electrons. The van der Waals surface area contributed by atoms with Gasteiger partial charge in [0.25, 0.3) is 0 Å². The van der Waals surface area contributed by atoms with E-state index in [0.29, 0.717) is 12.0 Å². The lowest BCUT2D eigenvalue weighted by Gasteiger charge is -1.96. The van der Waals surface area contributed by atoms with Gasteiger partial charge in [-0.15, -0.1) is 0 Å². The minimum atomic E-state index is -0.0845. The molecule has 1 N–H and O–H groups in total. The number of hydrogen-bond acceptors (Lipinski definition) is 2. The van der Waals surface area contributed by atoms with Crippen molar-refractivity contribution in [1.82, 2.24) is 0 Å². The van der Waals surface area contributed by atoms with Crippen LogP contribution < -0.4 is 0 Å². The third-order valence-electron chi connectivity index (χ3n) is 1.78. The van der Waals surface area contributed by atoms with Crippen molar-refractivity contribution in [1.29, 1.82) is 0 Å². The molecule has 1 rings (SSSR count). The Bertz CT molecular complexity index is 159. The van der Waals surface area contributed by atoms with Crippen molar-refractivity contribution in [2.24, 2.45) is 0 Å². The molecule has 0 heterocycles. The molecule has 0 aromatic heterocycles. The first kappa shape index (κ1) is 7.48. The molecule has 0 saturated heterocycles. The second-order valence-corrected chi connectivity index (χ2v) is 2.56. The Kier molecular flexibility index (Phi) is 2.63. The first-order chi connectivity index (χ1) is 4.84. The number of Topliss-reactive ketones (excluding diaryl/α,β-unsaturated/α-hetero) is 1. The Hall–Kier alpha value is -0.630. The van der Waals surface area contributed by atoms with Crippen LogP contribution in [0.5, 0.6) is 0 Å². The van der Waals surface area contributed by atoms with Crippen LogP contribution in [0.2, 0.25) is 0 Å². The van der Waals surface area contributed by atoms with Gasteiger partial charge in [0.2, 0.25) is 0 Å². The summed E-state index contributed by atoms with van der Waals surface area (Å²) in [4.78, 5) is 11.0. The number of ketones is 1. The number of carbonyl (C=O) groups is 1. The van der Waals surface area contributed by atoms with Gasteiger partial charge in [0, 0.05) is 12.0 Å². The number of rotatable bonds is 1. The van der Waals surface area contributed by atoms with Gasteiger partial charge >= 0.3 is 0 Å². The lowest BCUT2D eigenvalue weighted by Crippen LogP contribution is -2.03. The molecule has 0 fully saturated rings. The van der Waals surface area contributed by atoms with Gasteiger partial charge < -0.3 is 5.11 Å². The minimum Gasteiger partial charge on any atom is -0.392 e. The highest BCUT2D eigenvalue weighted by atomic mass is 16.3. The molecule has 0 saturated carbocycles. The van der Waals surface area contributed by atoms with Gasteiger partial charge in [0.05, 0.1) is 6.61 Å². The molecule has 10 heavy (non-hydrogen) atoms. The number of aliphatic hydroxyl groups is 1. The normalized spacial score (nSPS) is 20.1. The molecular weight excluding hydrogens is 128 g/mol. The minimum absolute atomic E-state index is 0.0845. The summed E-state index contributed by atoms with van der Waals surface area (Å²) >= 11 is 0. The molecular formula is C8H12O2. The zero-order valence-corrected chi connectivity index (χ0v) is 5.97. The maximum Gasteiger partial charge on any atom is 0.160 e. The Balaban J connectivity index is 2.62. The van der Waals surface area contributed by atoms with Crippen molar-refractivity contribution < 1.29 is 9.90 Å². The van der Waals surface area contributed by atoms with Gasteiger partial charge in [0.15, 0.2) is 5.78 Å². The molecule has 0 aromatic rings. The largest absolute Gasteiger partial charge is 0.392 e. The number of hydrogen-bond donors (Lipinski definition) is 1. The average molecular weight is 140 g/mol. The van der Waals surface area contributed by atoms with E-state index in [0.717, 1.165) is 19.3 Å². The van der Waals surface area contributed by atoms with E-state index in [4.69, 9.17) is 5.11 Å². The molecule has 0 aromatic carbocycles. The van der Waals surface area contributed by atoms with E-state index in [1.165, 1.54) is 0 Å². The lowest BCUT2D eigenvalue weighted by molar-refractivity contribution is -0.115. The van der Waals surface area contributed by atoms with Crippen LogP contribution in [0.25, 0.3) is 0 Å². The molecule has 1 aliphatic carbocycles. The molecule has 2 heteroatoms. The fourth-order valence-electron chi connectivity index (χ4n) is 1.13. The van der Waals surface area contributed by atoms with Gasteiger partial charge in [-0.05, 0) is 19.3 Å². The van der Waals surface area contributed by atoms with Crippen molar-refractivity contribution in [3.8, 4) is 0 Å². The Morgan fingerprint density at radius 2 is 2.30 bits per heavy atom. The third-order valence-corrected chi connectivity index (χ3v) is 1.78. The Morgan fingerprint density at radius 3 is 3.00 bits per heavy atom. The monoisotopic (exact) mass is 140 g/mol. The number of allylic oxidation sites excluding steroid dienone is 1. The summed E-state index contributed by atoms with van der Waals surface area (Å²) in [5.74, 6) is 0.125. The van der Waals surface area contributed by atoms with E-state index in [9.17, 15) is 4.79 Å². The number of aliphatic hydroxyl groups excluding tert-OH is 1. The summed E-state index contributed by atoms with van der Waals surface area (Å²) in [5.41, 5.74) is 0.609. The second kappa shape index (κ2) is 3.52. The van der Waals surface area contributed by atoms with Crippen LogP contribution in [-0.2, 0) is 4.79 Å². The molecule has 0 radical (unpaired) electrons. The summed E-state index contributed by atoms with van der Waals surface area (Å²) in [6, 6.07) is 0. The molecule has 0 amide bonds. The maximum atomic E-state index is 11.0. The topological polar surface area (TPSA) is 37.3 Å². The van der Waals surface area contributed by atoms with Crippen LogP contribution in [0.1, 0.15) is 25.7 Å². The quantitative estimate of drug-likeness (QED) is 0.591. The van der Waals surface area contributed by atoms with E-state index in [-0.39, 0.29) is 12.4 Å². The highest BCUT2D eigenvalue weighted by molar-refractivity contribution is 5.95. The predicted molar refractivity (Wildman–Crippen MR) is 38.6 cm³/mol. The Labute approximate surface area is 60.6 Å². The molecule has 0 unspecified atom stereocenters. The van der Waals surface area contributed by atoms with Gasteiger partial charge in [-0.2, -0.15) is 0 Å². The highest BCUT2D eigenvalue weighted by Gasteiger charge is 2.10. The molecule has 0 aliphatic heterocycles. The lowest BCUT2D eigenvalue weighted by atomic mass is 10.1. The van der Waals surface area contributed by atoms with Gasteiger partial charge in [0.1, 0.15) is 0 Å². The van der Waals surface area contributed by atoms with Crippen molar-refractivity contribution >= 4 is 5.78 Å². The Morgan fingerprint density at radius 1 is 1.50 bits per heavy atom. The average Bonchev–Trinajstić information content (AvgIpc) is 2.13. The van der Waals surface area contributed by atoms with Crippen molar-refractivity contribution in [2.75, 3.05) is 6.61 Å². The van der Waals surface area contributed by atoms with E-state index >= 15 is 0 Å². The standard InChI is InChI=1S/C8H12O2/c9-6-7-4-2-1-3-5-8(7)10/h4,9H,1-3,5-6H2. The van der Waals surface area contributed by atoms with E-state index in [2.05, 4.69) is 0 Å². The van der Waals surface area contributed by atoms with Crippen LogP contribution in [0.4, 0.5) is 0 Å². The van der Waals surface area contributed by atoms with Gasteiger partial charge in [-0.1, -0.05) is 6.08 Å². The number of carbonyl (C=O) groups excluding carboxylic acids is 1. The first-order valence-electron chi connectivity index (χ1n) is 3.67. The van der Waals surface area contributed by atoms with E-state index in [1.54, 1.807) is 0 Å². The smallest absolute Gasteiger partial charge is 0.160 e. The fraction of sp³-hybridized carbons (Fsp3) is 0.625. The first-order valence-corrected chi connectivity index (χ1v) is 3.67. The van der Waals surface area contributed by atoms with Crippen LogP contribution in [0.15, 0.2) is 11.6 Å². The van der Waals surface area contributed by atoms with Crippen LogP contribution in [0.3, 0.4) is 0 Å². The maximum absolute atomic E-state index is 11.0. The summed E-state index contributed by atoms with van der Waals surface area (Å²) in [6.45, 7) is -0.0845. The molecule has 0 bridgehead atoms. The van der Waals surface area contributed by atoms with Gasteiger partial charge in [-0.25, -0.2) is 0 Å². The van der Waals surface area contributed by atoms with Crippen molar-refractivity contribution in [3.63, 3.8) is 0 Å². The molecule has 2 nitrogen and oxygen atoms in total. The SMILES string of the molecule is O=C1CCCCC=C1CO. The zero-order chi connectivity index (χ0) is 7.40. The zero-order valence-electron chi connectivity index (χ0n) is 5.97. The second-order valence-electron chi connectivity index (χ2n) is 2.56. The van der Waals surface area contributed by atoms with Crippen LogP contribution in [0, 0.1) is 0 Å². The fourth-order valence-corrected chi connectivity index (χ4v) is 1.13. The van der Waals surface area contributed by atoms with Crippen LogP contribution >= 0.6 is 0 Å². The summed E-state index contributed by atoms with van der Waals surface area (Å²) in [5, 5.41) is 8.70. The van der Waals surface area contributed by atoms with E-state index < -0.39 is 0 Å².